The summed E-state index contributed by atoms with van der Waals surface area (Å²) >= 11 is 0. The van der Waals surface area contributed by atoms with Crippen molar-refractivity contribution >= 4 is 5.91 Å². The van der Waals surface area contributed by atoms with Gasteiger partial charge in [-0.25, -0.2) is 0 Å². The van der Waals surface area contributed by atoms with E-state index >= 15 is 0 Å². The number of carbonyl (C=O) groups is 1. The first-order chi connectivity index (χ1) is 5.49. The summed E-state index contributed by atoms with van der Waals surface area (Å²) in [4.78, 5) is 11.4. The third-order valence-electron chi connectivity index (χ3n) is 5.63. The van der Waals surface area contributed by atoms with E-state index in [2.05, 4.69) is 13.8 Å². The predicted octanol–water partition coefficient (Wildman–Crippen LogP) is 1.30. The molecule has 0 aromatic carbocycles. The summed E-state index contributed by atoms with van der Waals surface area (Å²) in [6.07, 6.45) is 3.52. The van der Waals surface area contributed by atoms with Crippen LogP contribution in [0.5, 0.6) is 0 Å². The summed E-state index contributed by atoms with van der Waals surface area (Å²) < 4.78 is 0. The number of hydrogen-bond donors (Lipinski definition) is 1. The molecule has 66 valence electrons. The molecule has 0 heterocycles. The topological polar surface area (TPSA) is 43.1 Å². The fraction of sp³-hybridized carbons (Fsp3) is 0.900. The number of primary amides is 1. The second-order valence-electron chi connectivity index (χ2n) is 5.35. The van der Waals surface area contributed by atoms with Crippen LogP contribution >= 0.6 is 0 Å². The van der Waals surface area contributed by atoms with Crippen molar-refractivity contribution in [2.45, 2.75) is 33.1 Å². The lowest BCUT2D eigenvalue weighted by Crippen LogP contribution is -2.81. The van der Waals surface area contributed by atoms with E-state index in [0.29, 0.717) is 11.3 Å². The molecule has 0 unspecified atom stereocenters. The molecule has 0 saturated heterocycles. The van der Waals surface area contributed by atoms with Gasteiger partial charge in [-0.2, -0.15) is 0 Å². The predicted molar refractivity (Wildman–Crippen MR) is 45.2 cm³/mol. The molecule has 0 aromatic rings. The van der Waals surface area contributed by atoms with Crippen molar-refractivity contribution in [1.29, 1.82) is 0 Å². The standard InChI is InChI=1S/C10H15NO/c1-8-5-10(7(11)12)6(8)3-4-9(8,10)2/h6H,3-5H2,1-2H3,(H2,11,12)/t6-,8-,9+,10-/m1/s1. The first kappa shape index (κ1) is 6.93. The van der Waals surface area contributed by atoms with Crippen LogP contribution in [0.25, 0.3) is 0 Å². The molecule has 5 saturated carbocycles. The molecule has 0 spiro atoms. The van der Waals surface area contributed by atoms with E-state index in [4.69, 9.17) is 5.73 Å². The van der Waals surface area contributed by atoms with Crippen molar-refractivity contribution < 1.29 is 4.79 Å². The van der Waals surface area contributed by atoms with Gasteiger partial charge in [0.2, 0.25) is 5.91 Å². The van der Waals surface area contributed by atoms with Crippen molar-refractivity contribution in [2.24, 2.45) is 27.9 Å². The Hall–Kier alpha value is -0.530. The summed E-state index contributed by atoms with van der Waals surface area (Å²) in [5.74, 6) is 0.601. The first-order valence-electron chi connectivity index (χ1n) is 4.79. The maximum atomic E-state index is 11.4. The van der Waals surface area contributed by atoms with E-state index in [1.54, 1.807) is 0 Å². The second kappa shape index (κ2) is 1.34. The number of fused-ring (bicyclic) bond motifs is 1. The molecule has 0 radical (unpaired) electrons. The lowest BCUT2D eigenvalue weighted by atomic mass is 9.21. The van der Waals surface area contributed by atoms with E-state index in [-0.39, 0.29) is 16.7 Å². The zero-order chi connectivity index (χ0) is 8.78. The van der Waals surface area contributed by atoms with Crippen LogP contribution < -0.4 is 5.73 Å². The summed E-state index contributed by atoms with van der Waals surface area (Å²) in [5.41, 5.74) is 6.18. The van der Waals surface area contributed by atoms with Crippen LogP contribution in [-0.2, 0) is 4.79 Å². The molecule has 4 bridgehead atoms. The third kappa shape index (κ3) is 0.301. The monoisotopic (exact) mass is 165 g/mol. The van der Waals surface area contributed by atoms with Crippen LogP contribution in [0, 0.1) is 22.2 Å². The van der Waals surface area contributed by atoms with Crippen molar-refractivity contribution in [1.82, 2.24) is 0 Å². The SMILES string of the molecule is C[C@@]12CC[C@H]3[C@@]1(C(N)=O)C[C@]32C. The van der Waals surface area contributed by atoms with E-state index < -0.39 is 0 Å². The molecule has 5 aliphatic carbocycles. The molecular weight excluding hydrogens is 150 g/mol. The summed E-state index contributed by atoms with van der Waals surface area (Å²) in [6, 6.07) is 0. The van der Waals surface area contributed by atoms with Crippen molar-refractivity contribution in [3.8, 4) is 0 Å². The smallest absolute Gasteiger partial charge is 0.224 e. The van der Waals surface area contributed by atoms with Crippen molar-refractivity contribution in [3.63, 3.8) is 0 Å². The zero-order valence-electron chi connectivity index (χ0n) is 7.68. The van der Waals surface area contributed by atoms with Crippen molar-refractivity contribution in [3.05, 3.63) is 0 Å². The van der Waals surface area contributed by atoms with Gasteiger partial charge < -0.3 is 5.73 Å². The van der Waals surface area contributed by atoms with Gasteiger partial charge >= 0.3 is 0 Å². The fourth-order valence-corrected chi connectivity index (χ4v) is 4.76. The molecule has 0 aromatic heterocycles. The van der Waals surface area contributed by atoms with E-state index in [1.807, 2.05) is 0 Å². The Morgan fingerprint density at radius 1 is 1.50 bits per heavy atom. The number of hydrogen-bond acceptors (Lipinski definition) is 1. The minimum Gasteiger partial charge on any atom is -0.369 e. The Morgan fingerprint density at radius 2 is 2.17 bits per heavy atom. The molecule has 2 heteroatoms. The third-order valence-corrected chi connectivity index (χ3v) is 5.63. The summed E-state index contributed by atoms with van der Waals surface area (Å²) in [7, 11) is 0. The first-order valence-corrected chi connectivity index (χ1v) is 4.79. The molecule has 5 aliphatic rings. The Morgan fingerprint density at radius 3 is 2.42 bits per heavy atom. The molecule has 5 rings (SSSR count). The fourth-order valence-electron chi connectivity index (χ4n) is 4.76. The number of carbonyl (C=O) groups excluding carboxylic acids is 1. The van der Waals surface area contributed by atoms with Gasteiger partial charge in [0.1, 0.15) is 0 Å². The summed E-state index contributed by atoms with van der Waals surface area (Å²) in [5, 5.41) is 0. The molecular formula is C10H15NO. The molecule has 4 atom stereocenters. The quantitative estimate of drug-likeness (QED) is 0.625. The van der Waals surface area contributed by atoms with Gasteiger partial charge in [0.15, 0.2) is 0 Å². The van der Waals surface area contributed by atoms with E-state index in [1.165, 1.54) is 12.8 Å². The highest BCUT2D eigenvalue weighted by Gasteiger charge is 2.91. The number of rotatable bonds is 1. The summed E-state index contributed by atoms with van der Waals surface area (Å²) in [6.45, 7) is 4.58. The van der Waals surface area contributed by atoms with E-state index in [9.17, 15) is 4.79 Å². The van der Waals surface area contributed by atoms with Gasteiger partial charge in [0.05, 0.1) is 5.41 Å². The second-order valence-corrected chi connectivity index (χ2v) is 5.35. The molecule has 5 fully saturated rings. The van der Waals surface area contributed by atoms with Gasteiger partial charge in [-0.3, -0.25) is 4.79 Å². The van der Waals surface area contributed by atoms with Crippen LogP contribution in [0.3, 0.4) is 0 Å². The van der Waals surface area contributed by atoms with Crippen LogP contribution in [0.15, 0.2) is 0 Å². The Bertz CT molecular complexity index is 300. The Balaban J connectivity index is 2.12. The molecule has 2 nitrogen and oxygen atoms in total. The largest absolute Gasteiger partial charge is 0.369 e. The number of amides is 1. The lowest BCUT2D eigenvalue weighted by molar-refractivity contribution is -0.327. The Labute approximate surface area is 72.5 Å². The highest BCUT2D eigenvalue weighted by atomic mass is 16.1. The minimum atomic E-state index is -0.0677. The lowest BCUT2D eigenvalue weighted by Gasteiger charge is -2.81. The van der Waals surface area contributed by atoms with Crippen LogP contribution in [0.2, 0.25) is 0 Å². The molecule has 1 amide bonds. The normalized spacial score (nSPS) is 65.3. The van der Waals surface area contributed by atoms with Gasteiger partial charge in [0, 0.05) is 0 Å². The molecule has 0 aliphatic heterocycles. The number of nitrogens with two attached hydrogens (primary N) is 1. The van der Waals surface area contributed by atoms with Crippen molar-refractivity contribution in [2.75, 3.05) is 0 Å². The van der Waals surface area contributed by atoms with E-state index in [0.717, 1.165) is 6.42 Å². The Kier molecular flexibility index (Phi) is 0.774. The van der Waals surface area contributed by atoms with Crippen LogP contribution in [-0.4, -0.2) is 5.91 Å². The average molecular weight is 165 g/mol. The highest BCUT2D eigenvalue weighted by molar-refractivity contribution is 5.88. The average Bonchev–Trinajstić information content (AvgIpc) is 2.33. The van der Waals surface area contributed by atoms with Gasteiger partial charge in [-0.1, -0.05) is 13.8 Å². The maximum Gasteiger partial charge on any atom is 0.224 e. The van der Waals surface area contributed by atoms with Crippen LogP contribution in [0.4, 0.5) is 0 Å². The van der Waals surface area contributed by atoms with Gasteiger partial charge in [-0.15, -0.1) is 0 Å². The van der Waals surface area contributed by atoms with Gasteiger partial charge in [-0.05, 0) is 36.0 Å². The maximum absolute atomic E-state index is 11.4. The molecule has 12 heavy (non-hydrogen) atoms. The zero-order valence-corrected chi connectivity index (χ0v) is 7.68. The molecule has 2 N–H and O–H groups in total. The van der Waals surface area contributed by atoms with Crippen LogP contribution in [0.1, 0.15) is 33.1 Å². The van der Waals surface area contributed by atoms with Gasteiger partial charge in [0.25, 0.3) is 0 Å². The highest BCUT2D eigenvalue weighted by Crippen LogP contribution is 2.93. The minimum absolute atomic E-state index is 0.0313.